The van der Waals surface area contributed by atoms with E-state index in [-0.39, 0.29) is 0 Å². The van der Waals surface area contributed by atoms with Gasteiger partial charge in [-0.15, -0.1) is 0 Å². The molecule has 0 aliphatic heterocycles. The maximum absolute atomic E-state index is 3.99. The van der Waals surface area contributed by atoms with Gasteiger partial charge in [-0.3, -0.25) is 0 Å². The smallest absolute Gasteiger partial charge is 0.0548 e. The highest BCUT2D eigenvalue weighted by atomic mass is 15.0. The minimum atomic E-state index is 1.17. The van der Waals surface area contributed by atoms with E-state index in [1.54, 1.807) is 0 Å². The van der Waals surface area contributed by atoms with Gasteiger partial charge in [0, 0.05) is 38.3 Å². The third-order valence-corrected chi connectivity index (χ3v) is 6.11. The lowest BCUT2D eigenvalue weighted by molar-refractivity contribution is 1.15. The minimum Gasteiger partial charge on any atom is -0.354 e. The molecule has 0 saturated heterocycles. The van der Waals surface area contributed by atoms with Crippen LogP contribution in [0.15, 0.2) is 85.4 Å². The standard InChI is InChI=1S/C27H20N2/c1-3-18-9-8-14-25(17(18)2)29-26-13-7-5-11-20(26)22-15-24-21(16-27(22)29)19-10-4-6-12-23(19)28-24/h3-16,28H,1H2,2H3. The second kappa shape index (κ2) is 5.86. The lowest BCUT2D eigenvalue weighted by Gasteiger charge is -2.13. The summed E-state index contributed by atoms with van der Waals surface area (Å²) in [6.45, 7) is 6.17. The first-order chi connectivity index (χ1) is 14.3. The highest BCUT2D eigenvalue weighted by molar-refractivity contribution is 6.18. The number of H-pyrrole nitrogens is 1. The summed E-state index contributed by atoms with van der Waals surface area (Å²) in [5, 5.41) is 5.06. The third kappa shape index (κ3) is 2.17. The molecule has 0 radical (unpaired) electrons. The van der Waals surface area contributed by atoms with Gasteiger partial charge in [0.25, 0.3) is 0 Å². The fraction of sp³-hybridized carbons (Fsp3) is 0.0370. The molecule has 6 rings (SSSR count). The van der Waals surface area contributed by atoms with Crippen LogP contribution >= 0.6 is 0 Å². The van der Waals surface area contributed by atoms with Crippen molar-refractivity contribution in [1.82, 2.24) is 9.55 Å². The first kappa shape index (κ1) is 16.2. The number of hydrogen-bond donors (Lipinski definition) is 1. The van der Waals surface area contributed by atoms with Crippen molar-refractivity contribution in [3.63, 3.8) is 0 Å². The zero-order valence-electron chi connectivity index (χ0n) is 16.2. The SMILES string of the molecule is C=Cc1cccc(-n2c3ccccc3c3cc4[nH]c5ccccc5c4cc32)c1C. The quantitative estimate of drug-likeness (QED) is 0.327. The van der Waals surface area contributed by atoms with Crippen molar-refractivity contribution < 1.29 is 0 Å². The highest BCUT2D eigenvalue weighted by Gasteiger charge is 2.16. The fourth-order valence-electron chi connectivity index (χ4n) is 4.68. The van der Waals surface area contributed by atoms with E-state index in [4.69, 9.17) is 0 Å². The number of hydrogen-bond acceptors (Lipinski definition) is 0. The Kier molecular flexibility index (Phi) is 3.27. The fourth-order valence-corrected chi connectivity index (χ4v) is 4.68. The molecule has 0 bridgehead atoms. The number of nitrogens with one attached hydrogen (secondary N) is 1. The van der Waals surface area contributed by atoms with Crippen LogP contribution in [0.4, 0.5) is 0 Å². The normalized spacial score (nSPS) is 11.8. The average molecular weight is 372 g/mol. The number of nitrogens with zero attached hydrogens (tertiary/aromatic N) is 1. The maximum Gasteiger partial charge on any atom is 0.0548 e. The van der Waals surface area contributed by atoms with E-state index in [0.29, 0.717) is 0 Å². The van der Waals surface area contributed by atoms with Crippen LogP contribution in [0.2, 0.25) is 0 Å². The zero-order chi connectivity index (χ0) is 19.5. The average Bonchev–Trinajstić information content (AvgIpc) is 3.27. The van der Waals surface area contributed by atoms with Gasteiger partial charge >= 0.3 is 0 Å². The van der Waals surface area contributed by atoms with Crippen molar-refractivity contribution in [2.45, 2.75) is 6.92 Å². The summed E-state index contributed by atoms with van der Waals surface area (Å²) in [6.07, 6.45) is 1.94. The first-order valence-electron chi connectivity index (χ1n) is 9.92. The summed E-state index contributed by atoms with van der Waals surface area (Å²) in [5.41, 5.74) is 8.42. The van der Waals surface area contributed by atoms with Crippen LogP contribution < -0.4 is 0 Å². The van der Waals surface area contributed by atoms with Gasteiger partial charge in [0.05, 0.1) is 11.0 Å². The van der Waals surface area contributed by atoms with Gasteiger partial charge in [-0.25, -0.2) is 0 Å². The maximum atomic E-state index is 3.99. The topological polar surface area (TPSA) is 20.7 Å². The zero-order valence-corrected chi connectivity index (χ0v) is 16.2. The van der Waals surface area contributed by atoms with Crippen LogP contribution in [0, 0.1) is 6.92 Å². The lowest BCUT2D eigenvalue weighted by atomic mass is 10.1. The predicted molar refractivity (Wildman–Crippen MR) is 125 cm³/mol. The molecule has 0 atom stereocenters. The molecule has 0 fully saturated rings. The van der Waals surface area contributed by atoms with Crippen LogP contribution in [0.5, 0.6) is 0 Å². The Balaban J connectivity index is 1.83. The summed E-state index contributed by atoms with van der Waals surface area (Å²) in [7, 11) is 0. The summed E-state index contributed by atoms with van der Waals surface area (Å²) >= 11 is 0. The van der Waals surface area contributed by atoms with Gasteiger partial charge in [-0.2, -0.15) is 0 Å². The molecule has 29 heavy (non-hydrogen) atoms. The Bertz CT molecular complexity index is 1580. The van der Waals surface area contributed by atoms with Gasteiger partial charge in [0.1, 0.15) is 0 Å². The number of aromatic nitrogens is 2. The van der Waals surface area contributed by atoms with Crippen molar-refractivity contribution in [2.75, 3.05) is 0 Å². The molecule has 2 heterocycles. The Labute approximate surface area is 168 Å². The van der Waals surface area contributed by atoms with Gasteiger partial charge in [0.2, 0.25) is 0 Å². The van der Waals surface area contributed by atoms with Gasteiger partial charge in [-0.05, 0) is 48.4 Å². The lowest BCUT2D eigenvalue weighted by Crippen LogP contribution is -1.98. The first-order valence-corrected chi connectivity index (χ1v) is 9.92. The van der Waals surface area contributed by atoms with Crippen LogP contribution in [0.1, 0.15) is 11.1 Å². The van der Waals surface area contributed by atoms with Crippen LogP contribution in [-0.2, 0) is 0 Å². The van der Waals surface area contributed by atoms with E-state index in [2.05, 4.69) is 102 Å². The molecule has 0 spiro atoms. The second-order valence-corrected chi connectivity index (χ2v) is 7.63. The molecule has 0 saturated carbocycles. The van der Waals surface area contributed by atoms with E-state index in [0.717, 1.165) is 0 Å². The summed E-state index contributed by atoms with van der Waals surface area (Å²) in [4.78, 5) is 3.59. The van der Waals surface area contributed by atoms with E-state index >= 15 is 0 Å². The molecule has 0 amide bonds. The number of para-hydroxylation sites is 2. The van der Waals surface area contributed by atoms with Crippen LogP contribution in [0.3, 0.4) is 0 Å². The van der Waals surface area contributed by atoms with Crippen LogP contribution in [0.25, 0.3) is 55.4 Å². The van der Waals surface area contributed by atoms with E-state index in [9.17, 15) is 0 Å². The molecule has 4 aromatic carbocycles. The Morgan fingerprint density at radius 3 is 2.38 bits per heavy atom. The molecular formula is C27H20N2. The molecule has 1 N–H and O–H groups in total. The van der Waals surface area contributed by atoms with Gasteiger partial charge in [0.15, 0.2) is 0 Å². The monoisotopic (exact) mass is 372 g/mol. The van der Waals surface area contributed by atoms with Crippen molar-refractivity contribution in [1.29, 1.82) is 0 Å². The molecule has 0 aliphatic carbocycles. The van der Waals surface area contributed by atoms with Crippen LogP contribution in [-0.4, -0.2) is 9.55 Å². The Morgan fingerprint density at radius 2 is 1.52 bits per heavy atom. The molecule has 6 aromatic rings. The van der Waals surface area contributed by atoms with Gasteiger partial charge in [-0.1, -0.05) is 61.2 Å². The van der Waals surface area contributed by atoms with E-state index in [1.807, 2.05) is 6.08 Å². The second-order valence-electron chi connectivity index (χ2n) is 7.63. The summed E-state index contributed by atoms with van der Waals surface area (Å²) < 4.78 is 2.40. The molecule has 2 aromatic heterocycles. The largest absolute Gasteiger partial charge is 0.354 e. The third-order valence-electron chi connectivity index (χ3n) is 6.11. The van der Waals surface area contributed by atoms with E-state index in [1.165, 1.54) is 60.4 Å². The Hall–Kier alpha value is -3.78. The highest BCUT2D eigenvalue weighted by Crippen LogP contribution is 2.37. The van der Waals surface area contributed by atoms with Gasteiger partial charge < -0.3 is 9.55 Å². The number of rotatable bonds is 2. The molecule has 2 heteroatoms. The number of benzene rings is 4. The van der Waals surface area contributed by atoms with Crippen molar-refractivity contribution >= 4 is 49.7 Å². The number of fused-ring (bicyclic) bond motifs is 6. The molecule has 138 valence electrons. The Morgan fingerprint density at radius 1 is 0.724 bits per heavy atom. The molecule has 2 nitrogen and oxygen atoms in total. The van der Waals surface area contributed by atoms with Crippen molar-refractivity contribution in [3.8, 4) is 5.69 Å². The number of aromatic amines is 1. The van der Waals surface area contributed by atoms with E-state index < -0.39 is 0 Å². The predicted octanol–water partition coefficient (Wildman–Crippen LogP) is 7.37. The summed E-state index contributed by atoms with van der Waals surface area (Å²) in [6, 6.07) is 28.3. The minimum absolute atomic E-state index is 1.17. The molecule has 0 unspecified atom stereocenters. The van der Waals surface area contributed by atoms with Crippen molar-refractivity contribution in [3.05, 3.63) is 96.6 Å². The summed E-state index contributed by atoms with van der Waals surface area (Å²) in [5.74, 6) is 0. The molecular weight excluding hydrogens is 352 g/mol. The van der Waals surface area contributed by atoms with Crippen molar-refractivity contribution in [2.24, 2.45) is 0 Å². The molecule has 0 aliphatic rings.